The van der Waals surface area contributed by atoms with Gasteiger partial charge in [-0.2, -0.15) is 8.78 Å². The van der Waals surface area contributed by atoms with Gasteiger partial charge < -0.3 is 4.74 Å². The van der Waals surface area contributed by atoms with E-state index in [0.29, 0.717) is 5.56 Å². The molecule has 0 N–H and O–H groups in total. The predicted octanol–water partition coefficient (Wildman–Crippen LogP) is 4.45. The molecule has 0 radical (unpaired) electrons. The number of hydrogen-bond donors (Lipinski definition) is 0. The van der Waals surface area contributed by atoms with Crippen molar-refractivity contribution >= 4 is 17.4 Å². The third kappa shape index (κ3) is 3.33. The summed E-state index contributed by atoms with van der Waals surface area (Å²) in [6.07, 6.45) is 0. The Morgan fingerprint density at radius 1 is 1.00 bits per heavy atom. The zero-order valence-corrected chi connectivity index (χ0v) is 11.1. The van der Waals surface area contributed by atoms with Crippen molar-refractivity contribution in [1.29, 1.82) is 0 Å². The van der Waals surface area contributed by atoms with Crippen LogP contribution in [0, 0.1) is 0 Å². The number of benzene rings is 2. The van der Waals surface area contributed by atoms with Crippen LogP contribution in [0.25, 0.3) is 0 Å². The Labute approximate surface area is 119 Å². The summed E-state index contributed by atoms with van der Waals surface area (Å²) in [6.45, 7) is -2.99. The van der Waals surface area contributed by atoms with E-state index < -0.39 is 17.8 Å². The van der Waals surface area contributed by atoms with Gasteiger partial charge in [0.25, 0.3) is 0 Å². The van der Waals surface area contributed by atoms with E-state index in [1.807, 2.05) is 0 Å². The van der Waals surface area contributed by atoms with Crippen molar-refractivity contribution in [2.75, 3.05) is 0 Å². The van der Waals surface area contributed by atoms with E-state index in [1.165, 1.54) is 18.2 Å². The summed E-state index contributed by atoms with van der Waals surface area (Å²) >= 11 is 6.11. The number of Topliss-reactive ketones (excluding diaryl/α,β-unsaturated/α-hetero) is 1. The fourth-order valence-corrected chi connectivity index (χ4v) is 2.04. The van der Waals surface area contributed by atoms with Crippen LogP contribution in [0.3, 0.4) is 0 Å². The second kappa shape index (κ2) is 6.48. The van der Waals surface area contributed by atoms with Crippen molar-refractivity contribution < 1.29 is 18.3 Å². The number of rotatable bonds is 5. The van der Waals surface area contributed by atoms with Crippen LogP contribution in [-0.2, 0) is 0 Å². The average Bonchev–Trinajstić information content (AvgIpc) is 2.46. The molecule has 0 aliphatic carbocycles. The first-order valence-corrected chi connectivity index (χ1v) is 6.30. The number of carbonyl (C=O) groups excluding carboxylic acids is 1. The first-order valence-electron chi connectivity index (χ1n) is 5.86. The molecule has 5 heteroatoms. The van der Waals surface area contributed by atoms with Gasteiger partial charge in [-0.15, -0.1) is 11.6 Å². The summed E-state index contributed by atoms with van der Waals surface area (Å²) in [7, 11) is 0. The van der Waals surface area contributed by atoms with Gasteiger partial charge >= 0.3 is 6.61 Å². The summed E-state index contributed by atoms with van der Waals surface area (Å²) in [4.78, 5) is 12.3. The summed E-state index contributed by atoms with van der Waals surface area (Å²) in [5, 5.41) is -0.946. The highest BCUT2D eigenvalue weighted by atomic mass is 35.5. The van der Waals surface area contributed by atoms with E-state index in [1.54, 1.807) is 36.4 Å². The van der Waals surface area contributed by atoms with Gasteiger partial charge in [-0.3, -0.25) is 4.79 Å². The quantitative estimate of drug-likeness (QED) is 0.602. The molecule has 2 aromatic rings. The molecule has 1 atom stereocenters. The van der Waals surface area contributed by atoms with Crippen LogP contribution in [0.1, 0.15) is 21.3 Å². The fraction of sp³-hybridized carbons (Fsp3) is 0.133. The van der Waals surface area contributed by atoms with Crippen LogP contribution in [0.15, 0.2) is 54.6 Å². The van der Waals surface area contributed by atoms with E-state index in [9.17, 15) is 13.6 Å². The summed E-state index contributed by atoms with van der Waals surface area (Å²) in [5.41, 5.74) is 0.641. The van der Waals surface area contributed by atoms with E-state index in [2.05, 4.69) is 4.74 Å². The second-order valence-electron chi connectivity index (χ2n) is 4.01. The Morgan fingerprint density at radius 3 is 2.25 bits per heavy atom. The number of ketones is 1. The highest BCUT2D eigenvalue weighted by Gasteiger charge is 2.23. The molecule has 0 saturated heterocycles. The normalized spacial score (nSPS) is 12.2. The first-order chi connectivity index (χ1) is 9.59. The lowest BCUT2D eigenvalue weighted by Gasteiger charge is -2.13. The Kier molecular flexibility index (Phi) is 4.69. The number of hydrogen-bond acceptors (Lipinski definition) is 2. The lowest BCUT2D eigenvalue weighted by atomic mass is 10.0. The molecule has 0 spiro atoms. The maximum atomic E-state index is 12.3. The van der Waals surface area contributed by atoms with Crippen molar-refractivity contribution in [3.8, 4) is 5.75 Å². The lowest BCUT2D eigenvalue weighted by Crippen LogP contribution is -2.11. The predicted molar refractivity (Wildman–Crippen MR) is 72.4 cm³/mol. The molecule has 0 fully saturated rings. The zero-order chi connectivity index (χ0) is 14.5. The van der Waals surface area contributed by atoms with Crippen molar-refractivity contribution in [3.05, 3.63) is 65.7 Å². The third-order valence-corrected chi connectivity index (χ3v) is 3.14. The first kappa shape index (κ1) is 14.5. The maximum Gasteiger partial charge on any atom is 0.387 e. The molecule has 2 nitrogen and oxygen atoms in total. The number of carbonyl (C=O) groups is 1. The van der Waals surface area contributed by atoms with Crippen LogP contribution >= 0.6 is 11.6 Å². The Hall–Kier alpha value is -1.94. The van der Waals surface area contributed by atoms with Gasteiger partial charge in [-0.05, 0) is 17.7 Å². The van der Waals surface area contributed by atoms with E-state index >= 15 is 0 Å². The summed E-state index contributed by atoms with van der Waals surface area (Å²) in [6, 6.07) is 14.5. The minimum atomic E-state index is -2.99. The zero-order valence-electron chi connectivity index (χ0n) is 10.3. The molecular formula is C15H11ClF2O2. The molecule has 2 rings (SSSR count). The van der Waals surface area contributed by atoms with Gasteiger partial charge in [0, 0.05) is 0 Å². The highest BCUT2D eigenvalue weighted by Crippen LogP contribution is 2.29. The lowest BCUT2D eigenvalue weighted by molar-refractivity contribution is -0.0501. The summed E-state index contributed by atoms with van der Waals surface area (Å²) in [5.74, 6) is -0.650. The SMILES string of the molecule is O=C(c1ccccc1OC(F)F)C(Cl)c1ccccc1. The molecule has 104 valence electrons. The van der Waals surface area contributed by atoms with Crippen molar-refractivity contribution in [2.24, 2.45) is 0 Å². The third-order valence-electron chi connectivity index (χ3n) is 2.69. The summed E-state index contributed by atoms with van der Waals surface area (Å²) < 4.78 is 29.0. The number of alkyl halides is 3. The van der Waals surface area contributed by atoms with Crippen LogP contribution < -0.4 is 4.74 Å². The molecular weight excluding hydrogens is 286 g/mol. The molecule has 0 aromatic heterocycles. The fourth-order valence-electron chi connectivity index (χ4n) is 1.78. The Bertz CT molecular complexity index is 587. The Morgan fingerprint density at radius 2 is 1.60 bits per heavy atom. The van der Waals surface area contributed by atoms with Gasteiger partial charge in [0.15, 0.2) is 5.78 Å². The number of para-hydroxylation sites is 1. The minimum absolute atomic E-state index is 0.0386. The van der Waals surface area contributed by atoms with Crippen molar-refractivity contribution in [1.82, 2.24) is 0 Å². The van der Waals surface area contributed by atoms with E-state index in [0.717, 1.165) is 0 Å². The van der Waals surface area contributed by atoms with Gasteiger partial charge in [0.05, 0.1) is 5.56 Å². The van der Waals surface area contributed by atoms with Crippen LogP contribution in [0.5, 0.6) is 5.75 Å². The standard InChI is InChI=1S/C15H11ClF2O2/c16-13(10-6-2-1-3-7-10)14(19)11-8-4-5-9-12(11)20-15(17)18/h1-9,13,15H. The van der Waals surface area contributed by atoms with Crippen LogP contribution in [0.4, 0.5) is 8.78 Å². The van der Waals surface area contributed by atoms with Gasteiger partial charge in [-0.1, -0.05) is 42.5 Å². The molecule has 0 heterocycles. The maximum absolute atomic E-state index is 12.3. The van der Waals surface area contributed by atoms with Crippen LogP contribution in [0.2, 0.25) is 0 Å². The number of ether oxygens (including phenoxy) is 1. The van der Waals surface area contributed by atoms with Gasteiger partial charge in [0.2, 0.25) is 0 Å². The van der Waals surface area contributed by atoms with E-state index in [-0.39, 0.29) is 11.3 Å². The van der Waals surface area contributed by atoms with Crippen LogP contribution in [-0.4, -0.2) is 12.4 Å². The van der Waals surface area contributed by atoms with Gasteiger partial charge in [0.1, 0.15) is 11.1 Å². The minimum Gasteiger partial charge on any atom is -0.434 e. The van der Waals surface area contributed by atoms with Crippen molar-refractivity contribution in [2.45, 2.75) is 12.0 Å². The smallest absolute Gasteiger partial charge is 0.387 e. The average molecular weight is 297 g/mol. The second-order valence-corrected chi connectivity index (χ2v) is 4.45. The van der Waals surface area contributed by atoms with E-state index in [4.69, 9.17) is 11.6 Å². The highest BCUT2D eigenvalue weighted by molar-refractivity contribution is 6.34. The molecule has 0 amide bonds. The monoisotopic (exact) mass is 296 g/mol. The molecule has 0 saturated carbocycles. The molecule has 0 aliphatic heterocycles. The Balaban J connectivity index is 2.29. The molecule has 20 heavy (non-hydrogen) atoms. The number of halogens is 3. The molecule has 0 aliphatic rings. The largest absolute Gasteiger partial charge is 0.434 e. The molecule has 2 aromatic carbocycles. The van der Waals surface area contributed by atoms with Gasteiger partial charge in [-0.25, -0.2) is 0 Å². The van der Waals surface area contributed by atoms with Crippen molar-refractivity contribution in [3.63, 3.8) is 0 Å². The topological polar surface area (TPSA) is 26.3 Å². The molecule has 1 unspecified atom stereocenters. The molecule has 0 bridgehead atoms.